The van der Waals surface area contributed by atoms with Gasteiger partial charge in [-0.3, -0.25) is 9.13 Å². The van der Waals surface area contributed by atoms with Crippen molar-refractivity contribution in [2.24, 2.45) is 0 Å². The molecule has 2 heterocycles. The molecule has 0 saturated carbocycles. The average molecular weight is 374 g/mol. The fourth-order valence-corrected chi connectivity index (χ4v) is 3.26. The first-order valence-corrected chi connectivity index (χ1v) is 8.89. The van der Waals surface area contributed by atoms with Crippen molar-refractivity contribution in [2.45, 2.75) is 19.5 Å². The quantitative estimate of drug-likeness (QED) is 0.560. The zero-order chi connectivity index (χ0) is 19.5. The molecule has 0 bridgehead atoms. The van der Waals surface area contributed by atoms with Crippen LogP contribution >= 0.6 is 0 Å². The first-order chi connectivity index (χ1) is 13.6. The van der Waals surface area contributed by atoms with Crippen LogP contribution in [-0.2, 0) is 19.5 Å². The number of aryl methyl sites for hydroxylation is 2. The summed E-state index contributed by atoms with van der Waals surface area (Å²) in [5, 5.41) is 9.33. The Labute approximate surface area is 160 Å². The average Bonchev–Trinajstić information content (AvgIpc) is 2.98. The molecule has 0 aliphatic carbocycles. The van der Waals surface area contributed by atoms with Gasteiger partial charge in [-0.2, -0.15) is 0 Å². The molecule has 0 aliphatic heterocycles. The first kappa shape index (κ1) is 17.7. The molecule has 7 heteroatoms. The van der Waals surface area contributed by atoms with E-state index in [0.29, 0.717) is 29.8 Å². The summed E-state index contributed by atoms with van der Waals surface area (Å²) < 4.78 is 3.21. The number of carboxylic acid groups (broad SMARTS) is 1. The van der Waals surface area contributed by atoms with Gasteiger partial charge >= 0.3 is 11.7 Å². The highest BCUT2D eigenvalue weighted by atomic mass is 16.4. The standard InChI is InChI=1S/C21H18N4O3/c26-20(27)16-7-8-17-18(13-16)25(14-19-22-10-4-11-23-19)21(28)24(17)12-9-15-5-2-1-3-6-15/h1-8,10-11,13H,9,12,14H2,(H,26,27). The van der Waals surface area contributed by atoms with Crippen molar-refractivity contribution < 1.29 is 9.90 Å². The van der Waals surface area contributed by atoms with E-state index in [9.17, 15) is 14.7 Å². The van der Waals surface area contributed by atoms with Gasteiger partial charge in [0.15, 0.2) is 0 Å². The Bertz CT molecular complexity index is 1180. The molecule has 0 amide bonds. The van der Waals surface area contributed by atoms with E-state index < -0.39 is 5.97 Å². The van der Waals surface area contributed by atoms with Gasteiger partial charge in [-0.25, -0.2) is 19.6 Å². The van der Waals surface area contributed by atoms with Gasteiger partial charge in [-0.1, -0.05) is 30.3 Å². The Balaban J connectivity index is 1.79. The van der Waals surface area contributed by atoms with Crippen molar-refractivity contribution in [1.82, 2.24) is 19.1 Å². The largest absolute Gasteiger partial charge is 0.478 e. The second kappa shape index (κ2) is 7.48. The van der Waals surface area contributed by atoms with Gasteiger partial charge in [0.05, 0.1) is 23.1 Å². The minimum absolute atomic E-state index is 0.135. The lowest BCUT2D eigenvalue weighted by Crippen LogP contribution is -2.26. The van der Waals surface area contributed by atoms with Crippen LogP contribution in [-0.4, -0.2) is 30.2 Å². The van der Waals surface area contributed by atoms with Crippen LogP contribution in [0.3, 0.4) is 0 Å². The molecule has 0 spiro atoms. The molecular weight excluding hydrogens is 356 g/mol. The van der Waals surface area contributed by atoms with E-state index in [1.807, 2.05) is 30.3 Å². The highest BCUT2D eigenvalue weighted by Crippen LogP contribution is 2.17. The van der Waals surface area contributed by atoms with E-state index in [-0.39, 0.29) is 17.8 Å². The number of carboxylic acids is 1. The predicted octanol–water partition coefficient (Wildman–Crippen LogP) is 2.58. The number of fused-ring (bicyclic) bond motifs is 1. The number of nitrogens with zero attached hydrogens (tertiary/aromatic N) is 4. The number of benzene rings is 2. The van der Waals surface area contributed by atoms with E-state index >= 15 is 0 Å². The van der Waals surface area contributed by atoms with Gasteiger partial charge in [-0.15, -0.1) is 0 Å². The molecule has 7 nitrogen and oxygen atoms in total. The zero-order valence-electron chi connectivity index (χ0n) is 15.0. The van der Waals surface area contributed by atoms with E-state index in [1.54, 1.807) is 29.1 Å². The first-order valence-electron chi connectivity index (χ1n) is 8.89. The summed E-state index contributed by atoms with van der Waals surface area (Å²) in [5.74, 6) is -0.540. The fraction of sp³-hybridized carbons (Fsp3) is 0.143. The number of hydrogen-bond acceptors (Lipinski definition) is 4. The van der Waals surface area contributed by atoms with Crippen molar-refractivity contribution in [3.05, 3.63) is 94.4 Å². The maximum Gasteiger partial charge on any atom is 0.335 e. The van der Waals surface area contributed by atoms with Gasteiger partial charge in [0.1, 0.15) is 5.82 Å². The molecule has 4 rings (SSSR count). The minimum atomic E-state index is -1.03. The molecule has 0 fully saturated rings. The Kier molecular flexibility index (Phi) is 4.72. The van der Waals surface area contributed by atoms with Crippen molar-refractivity contribution in [3.8, 4) is 0 Å². The number of aromatic nitrogens is 4. The molecule has 4 aromatic rings. The smallest absolute Gasteiger partial charge is 0.335 e. The fourth-order valence-electron chi connectivity index (χ4n) is 3.26. The van der Waals surface area contributed by atoms with E-state index in [1.165, 1.54) is 16.7 Å². The second-order valence-corrected chi connectivity index (χ2v) is 6.43. The van der Waals surface area contributed by atoms with Crippen LogP contribution in [0.25, 0.3) is 11.0 Å². The summed E-state index contributed by atoms with van der Waals surface area (Å²) in [4.78, 5) is 32.9. The molecule has 140 valence electrons. The van der Waals surface area contributed by atoms with Crippen molar-refractivity contribution in [1.29, 1.82) is 0 Å². The van der Waals surface area contributed by atoms with Crippen molar-refractivity contribution >= 4 is 17.0 Å². The summed E-state index contributed by atoms with van der Waals surface area (Å²) >= 11 is 0. The number of imidazole rings is 1. The molecule has 2 aromatic heterocycles. The number of hydrogen-bond donors (Lipinski definition) is 1. The molecule has 2 aromatic carbocycles. The summed E-state index contributed by atoms with van der Waals surface area (Å²) in [5.41, 5.74) is 2.31. The van der Waals surface area contributed by atoms with Crippen LogP contribution in [0.15, 0.2) is 71.8 Å². The van der Waals surface area contributed by atoms with Crippen LogP contribution < -0.4 is 5.69 Å². The van der Waals surface area contributed by atoms with E-state index in [0.717, 1.165) is 5.56 Å². The Morgan fingerprint density at radius 2 is 1.68 bits per heavy atom. The summed E-state index contributed by atoms with van der Waals surface area (Å²) in [6.07, 6.45) is 3.93. The molecule has 0 unspecified atom stereocenters. The molecule has 1 N–H and O–H groups in total. The number of rotatable bonds is 6. The molecule has 0 saturated heterocycles. The van der Waals surface area contributed by atoms with Gasteiger partial charge in [0, 0.05) is 18.9 Å². The Morgan fingerprint density at radius 3 is 2.39 bits per heavy atom. The van der Waals surface area contributed by atoms with Crippen molar-refractivity contribution in [3.63, 3.8) is 0 Å². The summed E-state index contributed by atoms with van der Waals surface area (Å²) in [6, 6.07) is 16.4. The minimum Gasteiger partial charge on any atom is -0.478 e. The Morgan fingerprint density at radius 1 is 0.929 bits per heavy atom. The summed E-state index contributed by atoms with van der Waals surface area (Å²) in [6.45, 7) is 0.673. The number of aromatic carboxylic acids is 1. The van der Waals surface area contributed by atoms with Crippen LogP contribution in [0.5, 0.6) is 0 Å². The van der Waals surface area contributed by atoms with Crippen LogP contribution in [0.2, 0.25) is 0 Å². The molecule has 0 atom stereocenters. The third kappa shape index (κ3) is 3.42. The lowest BCUT2D eigenvalue weighted by Gasteiger charge is -2.04. The maximum absolute atomic E-state index is 13.1. The summed E-state index contributed by atoms with van der Waals surface area (Å²) in [7, 11) is 0. The van der Waals surface area contributed by atoms with Crippen LogP contribution in [0.4, 0.5) is 0 Å². The monoisotopic (exact) mass is 374 g/mol. The van der Waals surface area contributed by atoms with Crippen LogP contribution in [0.1, 0.15) is 21.7 Å². The van der Waals surface area contributed by atoms with Crippen molar-refractivity contribution in [2.75, 3.05) is 0 Å². The molecule has 0 radical (unpaired) electrons. The second-order valence-electron chi connectivity index (χ2n) is 6.43. The van der Waals surface area contributed by atoms with Gasteiger partial charge in [0.2, 0.25) is 0 Å². The highest BCUT2D eigenvalue weighted by molar-refractivity contribution is 5.92. The van der Waals surface area contributed by atoms with E-state index in [4.69, 9.17) is 0 Å². The van der Waals surface area contributed by atoms with Gasteiger partial charge in [-0.05, 0) is 36.2 Å². The van der Waals surface area contributed by atoms with Gasteiger partial charge in [0.25, 0.3) is 0 Å². The molecule has 28 heavy (non-hydrogen) atoms. The zero-order valence-corrected chi connectivity index (χ0v) is 15.0. The maximum atomic E-state index is 13.1. The predicted molar refractivity (Wildman–Crippen MR) is 104 cm³/mol. The number of carbonyl (C=O) groups is 1. The van der Waals surface area contributed by atoms with E-state index in [2.05, 4.69) is 9.97 Å². The SMILES string of the molecule is O=C(O)c1ccc2c(c1)n(Cc1ncccn1)c(=O)n2CCc1ccccc1. The Hall–Kier alpha value is -3.74. The van der Waals surface area contributed by atoms with Gasteiger partial charge < -0.3 is 5.11 Å². The lowest BCUT2D eigenvalue weighted by molar-refractivity contribution is 0.0697. The normalized spacial score (nSPS) is 11.0. The highest BCUT2D eigenvalue weighted by Gasteiger charge is 2.16. The molecule has 0 aliphatic rings. The topological polar surface area (TPSA) is 90.0 Å². The third-order valence-corrected chi connectivity index (χ3v) is 4.65. The third-order valence-electron chi connectivity index (χ3n) is 4.65. The molecular formula is C21H18N4O3. The van der Waals surface area contributed by atoms with Crippen LogP contribution in [0, 0.1) is 0 Å². The lowest BCUT2D eigenvalue weighted by atomic mass is 10.1.